The van der Waals surface area contributed by atoms with E-state index >= 15 is 0 Å². The highest BCUT2D eigenvalue weighted by atomic mass is 16.3. The van der Waals surface area contributed by atoms with Crippen LogP contribution in [-0.2, 0) is 4.79 Å². The van der Waals surface area contributed by atoms with E-state index in [-0.39, 0.29) is 22.9 Å². The van der Waals surface area contributed by atoms with Gasteiger partial charge in [0, 0.05) is 5.41 Å². The predicted octanol–water partition coefficient (Wildman–Crippen LogP) is 4.90. The van der Waals surface area contributed by atoms with E-state index in [0.29, 0.717) is 5.57 Å². The third kappa shape index (κ3) is 3.72. The zero-order valence-corrected chi connectivity index (χ0v) is 13.3. The van der Waals surface area contributed by atoms with Crippen LogP contribution in [0.25, 0.3) is 0 Å². The molecule has 1 N–H and O–H groups in total. The molecule has 1 unspecified atom stereocenters. The molecule has 1 rings (SSSR count). The largest absolute Gasteiger partial charge is 0.507 e. The van der Waals surface area contributed by atoms with Crippen LogP contribution in [0.5, 0.6) is 0 Å². The van der Waals surface area contributed by atoms with Crippen LogP contribution in [0.4, 0.5) is 0 Å². The van der Waals surface area contributed by atoms with Crippen molar-refractivity contribution in [1.29, 1.82) is 0 Å². The lowest BCUT2D eigenvalue weighted by Gasteiger charge is -2.31. The second kappa shape index (κ2) is 6.25. The Morgan fingerprint density at radius 1 is 1.45 bits per heavy atom. The van der Waals surface area contributed by atoms with Gasteiger partial charge in [0.25, 0.3) is 0 Å². The fourth-order valence-corrected chi connectivity index (χ4v) is 2.41. The molecule has 1 aliphatic rings. The number of hydrogen-bond acceptors (Lipinski definition) is 2. The Labute approximate surface area is 122 Å². The van der Waals surface area contributed by atoms with Gasteiger partial charge in [0.1, 0.15) is 5.76 Å². The lowest BCUT2D eigenvalue weighted by molar-refractivity contribution is -0.113. The van der Waals surface area contributed by atoms with Crippen molar-refractivity contribution in [2.24, 2.45) is 11.3 Å². The maximum atomic E-state index is 11.8. The Balaban J connectivity index is 3.20. The molecule has 2 heteroatoms. The van der Waals surface area contributed by atoms with Gasteiger partial charge in [0.05, 0.1) is 5.57 Å². The molecule has 0 fully saturated rings. The van der Waals surface area contributed by atoms with Gasteiger partial charge in [-0.1, -0.05) is 37.6 Å². The van der Waals surface area contributed by atoms with Crippen LogP contribution < -0.4 is 0 Å². The summed E-state index contributed by atoms with van der Waals surface area (Å²) in [6.07, 6.45) is 7.59. The van der Waals surface area contributed by atoms with Gasteiger partial charge < -0.3 is 5.11 Å². The molecular formula is C18H26O2. The van der Waals surface area contributed by atoms with Gasteiger partial charge in [0.2, 0.25) is 0 Å². The van der Waals surface area contributed by atoms with Gasteiger partial charge in [0.15, 0.2) is 5.78 Å². The van der Waals surface area contributed by atoms with Crippen molar-refractivity contribution in [3.05, 3.63) is 47.3 Å². The van der Waals surface area contributed by atoms with Crippen molar-refractivity contribution in [3.8, 4) is 0 Å². The maximum absolute atomic E-state index is 11.8. The van der Waals surface area contributed by atoms with Crippen LogP contribution >= 0.6 is 0 Å². The zero-order chi connectivity index (χ0) is 15.5. The first-order valence-electron chi connectivity index (χ1n) is 7.11. The van der Waals surface area contributed by atoms with Crippen molar-refractivity contribution in [2.45, 2.75) is 47.5 Å². The normalized spacial score (nSPS) is 19.4. The van der Waals surface area contributed by atoms with Gasteiger partial charge in [-0.3, -0.25) is 4.79 Å². The fraction of sp³-hybridized carbons (Fsp3) is 0.500. The predicted molar refractivity (Wildman–Crippen MR) is 84.6 cm³/mol. The number of carbonyl (C=O) groups excluding carboxylic acids is 1. The summed E-state index contributed by atoms with van der Waals surface area (Å²) < 4.78 is 0. The lowest BCUT2D eigenvalue weighted by Crippen LogP contribution is -2.22. The molecule has 0 aromatic rings. The highest BCUT2D eigenvalue weighted by Gasteiger charge is 2.31. The number of carbonyl (C=O) groups is 1. The van der Waals surface area contributed by atoms with E-state index in [1.54, 1.807) is 0 Å². The summed E-state index contributed by atoms with van der Waals surface area (Å²) >= 11 is 0. The second-order valence-electron chi connectivity index (χ2n) is 6.37. The van der Waals surface area contributed by atoms with E-state index in [1.807, 2.05) is 26.0 Å². The molecule has 0 saturated heterocycles. The van der Waals surface area contributed by atoms with Crippen molar-refractivity contribution in [1.82, 2.24) is 0 Å². The van der Waals surface area contributed by atoms with Crippen LogP contribution in [0.1, 0.15) is 47.5 Å². The maximum Gasteiger partial charge on any atom is 0.163 e. The number of hydrogen-bond donors (Lipinski definition) is 1. The lowest BCUT2D eigenvalue weighted by atomic mass is 9.73. The molecule has 2 nitrogen and oxygen atoms in total. The summed E-state index contributed by atoms with van der Waals surface area (Å²) in [6, 6.07) is 0. The van der Waals surface area contributed by atoms with E-state index in [9.17, 15) is 9.90 Å². The average Bonchev–Trinajstić information content (AvgIpc) is 2.36. The highest BCUT2D eigenvalue weighted by Crippen LogP contribution is 2.40. The van der Waals surface area contributed by atoms with Gasteiger partial charge in [-0.05, 0) is 45.1 Å². The minimum absolute atomic E-state index is 0.0817. The number of rotatable bonds is 5. The van der Waals surface area contributed by atoms with Crippen LogP contribution in [0.3, 0.4) is 0 Å². The van der Waals surface area contributed by atoms with Crippen molar-refractivity contribution in [2.75, 3.05) is 0 Å². The first-order chi connectivity index (χ1) is 9.19. The topological polar surface area (TPSA) is 37.3 Å². The molecule has 1 atom stereocenters. The SMILES string of the molecule is C=CC(C)(C)C1=C(O)C(C(C)=O)=CC(CC=C(C)C)C1. The second-order valence-corrected chi connectivity index (χ2v) is 6.37. The zero-order valence-electron chi connectivity index (χ0n) is 13.3. The number of allylic oxidation sites excluding steroid dienone is 6. The van der Waals surface area contributed by atoms with Gasteiger partial charge in [-0.15, -0.1) is 6.58 Å². The summed E-state index contributed by atoms with van der Waals surface area (Å²) in [5.74, 6) is 0.325. The number of aliphatic hydroxyl groups excluding tert-OH is 1. The molecule has 0 saturated carbocycles. The molecule has 110 valence electrons. The van der Waals surface area contributed by atoms with Gasteiger partial charge in [-0.2, -0.15) is 0 Å². The summed E-state index contributed by atoms with van der Waals surface area (Å²) in [7, 11) is 0. The van der Waals surface area contributed by atoms with Crippen LogP contribution in [0.15, 0.2) is 47.3 Å². The summed E-state index contributed by atoms with van der Waals surface area (Å²) in [5, 5.41) is 10.4. The first-order valence-corrected chi connectivity index (χ1v) is 7.11. The Morgan fingerprint density at radius 3 is 2.50 bits per heavy atom. The Hall–Kier alpha value is -1.57. The van der Waals surface area contributed by atoms with Crippen LogP contribution in [0, 0.1) is 11.3 Å². The summed E-state index contributed by atoms with van der Waals surface area (Å²) in [6.45, 7) is 13.5. The Morgan fingerprint density at radius 2 is 2.05 bits per heavy atom. The molecular weight excluding hydrogens is 248 g/mol. The Kier molecular flexibility index (Phi) is 5.15. The van der Waals surface area contributed by atoms with E-state index < -0.39 is 0 Å². The number of aliphatic hydroxyl groups is 1. The molecule has 0 aromatic heterocycles. The first kappa shape index (κ1) is 16.5. The fourth-order valence-electron chi connectivity index (χ4n) is 2.41. The highest BCUT2D eigenvalue weighted by molar-refractivity contribution is 5.97. The molecule has 0 bridgehead atoms. The molecule has 0 radical (unpaired) electrons. The monoisotopic (exact) mass is 274 g/mol. The molecule has 1 aliphatic carbocycles. The minimum Gasteiger partial charge on any atom is -0.507 e. The van der Waals surface area contributed by atoms with Crippen LogP contribution in [-0.4, -0.2) is 10.9 Å². The van der Waals surface area contributed by atoms with Crippen molar-refractivity contribution < 1.29 is 9.90 Å². The molecule has 0 heterocycles. The van der Waals surface area contributed by atoms with E-state index in [0.717, 1.165) is 18.4 Å². The summed E-state index contributed by atoms with van der Waals surface area (Å²) in [4.78, 5) is 11.8. The van der Waals surface area contributed by atoms with E-state index in [4.69, 9.17) is 0 Å². The molecule has 0 aliphatic heterocycles. The quantitative estimate of drug-likeness (QED) is 0.724. The third-order valence-electron chi connectivity index (χ3n) is 3.91. The molecule has 0 spiro atoms. The average molecular weight is 274 g/mol. The van der Waals surface area contributed by atoms with Crippen LogP contribution in [0.2, 0.25) is 0 Å². The molecule has 0 aromatic carbocycles. The minimum atomic E-state index is -0.303. The molecule has 20 heavy (non-hydrogen) atoms. The Bertz CT molecular complexity index is 498. The standard InChI is InChI=1S/C18H26O2/c1-7-18(5,6)16-11-14(9-8-12(2)3)10-15(13(4)19)17(16)20/h7-8,10,14,20H,1,9,11H2,2-6H3. The smallest absolute Gasteiger partial charge is 0.163 e. The molecule has 0 amide bonds. The third-order valence-corrected chi connectivity index (χ3v) is 3.91. The number of Topliss-reactive ketones (excluding diaryl/α,β-unsaturated/α-hetero) is 1. The summed E-state index contributed by atoms with van der Waals surface area (Å²) in [5.41, 5.74) is 2.33. The van der Waals surface area contributed by atoms with E-state index in [1.165, 1.54) is 12.5 Å². The van der Waals surface area contributed by atoms with Gasteiger partial charge in [-0.25, -0.2) is 0 Å². The van der Waals surface area contributed by atoms with E-state index in [2.05, 4.69) is 26.5 Å². The van der Waals surface area contributed by atoms with Gasteiger partial charge >= 0.3 is 0 Å². The van der Waals surface area contributed by atoms with Crippen molar-refractivity contribution >= 4 is 5.78 Å². The number of ketones is 1. The van der Waals surface area contributed by atoms with Crippen molar-refractivity contribution in [3.63, 3.8) is 0 Å².